The van der Waals surface area contributed by atoms with Gasteiger partial charge in [0.1, 0.15) is 5.82 Å². The molecule has 1 aromatic heterocycles. The number of H-pyrrole nitrogens is 1. The predicted octanol–water partition coefficient (Wildman–Crippen LogP) is 2.86. The molecule has 4 heteroatoms. The van der Waals surface area contributed by atoms with E-state index in [0.29, 0.717) is 0 Å². The van der Waals surface area contributed by atoms with Crippen LogP contribution in [0.5, 0.6) is 0 Å². The summed E-state index contributed by atoms with van der Waals surface area (Å²) in [6, 6.07) is 5.80. The van der Waals surface area contributed by atoms with E-state index in [2.05, 4.69) is 17.2 Å². The topological polar surface area (TPSA) is 40.7 Å². The summed E-state index contributed by atoms with van der Waals surface area (Å²) in [6.45, 7) is 4.41. The van der Waals surface area contributed by atoms with Gasteiger partial charge in [0.15, 0.2) is 0 Å². The van der Waals surface area contributed by atoms with Crippen molar-refractivity contribution in [1.29, 1.82) is 0 Å². The Bertz CT molecular complexity index is 541. The van der Waals surface area contributed by atoms with Crippen LogP contribution >= 0.6 is 11.6 Å². The Morgan fingerprint density at radius 2 is 2.06 bits per heavy atom. The molecule has 1 fully saturated rings. The number of halogens is 1. The number of hydrogen-bond acceptors (Lipinski definition) is 2. The summed E-state index contributed by atoms with van der Waals surface area (Å²) >= 11 is 5.99. The van der Waals surface area contributed by atoms with Crippen LogP contribution in [-0.2, 0) is 5.41 Å². The normalized spacial score (nSPS) is 19.6. The molecule has 3 nitrogen and oxygen atoms in total. The van der Waals surface area contributed by atoms with Gasteiger partial charge in [-0.25, -0.2) is 4.98 Å². The first kappa shape index (κ1) is 11.1. The Hall–Kier alpha value is -1.06. The van der Waals surface area contributed by atoms with E-state index in [1.54, 1.807) is 0 Å². The molecule has 0 radical (unpaired) electrons. The molecule has 0 bridgehead atoms. The summed E-state index contributed by atoms with van der Waals surface area (Å²) in [5.41, 5.74) is 2.20. The van der Waals surface area contributed by atoms with Gasteiger partial charge in [0.25, 0.3) is 0 Å². The number of benzene rings is 1. The molecule has 2 aromatic rings. The van der Waals surface area contributed by atoms with Crippen LogP contribution in [0.4, 0.5) is 0 Å². The van der Waals surface area contributed by atoms with E-state index in [9.17, 15) is 0 Å². The van der Waals surface area contributed by atoms with Crippen LogP contribution < -0.4 is 5.32 Å². The van der Waals surface area contributed by atoms with Crippen molar-refractivity contribution in [2.75, 3.05) is 13.1 Å². The van der Waals surface area contributed by atoms with Gasteiger partial charge in [0.2, 0.25) is 0 Å². The zero-order chi connectivity index (χ0) is 11.9. The summed E-state index contributed by atoms with van der Waals surface area (Å²) in [5.74, 6) is 1.09. The van der Waals surface area contributed by atoms with Crippen molar-refractivity contribution >= 4 is 22.6 Å². The van der Waals surface area contributed by atoms with Crippen molar-refractivity contribution in [2.45, 2.75) is 25.2 Å². The fraction of sp³-hybridized carbons (Fsp3) is 0.462. The van der Waals surface area contributed by atoms with Gasteiger partial charge in [-0.1, -0.05) is 18.5 Å². The first-order chi connectivity index (χ1) is 8.17. The number of nitrogens with one attached hydrogen (secondary N) is 2. The molecule has 0 atom stereocenters. The van der Waals surface area contributed by atoms with Gasteiger partial charge < -0.3 is 10.3 Å². The smallest absolute Gasteiger partial charge is 0.113 e. The lowest BCUT2D eigenvalue weighted by atomic mass is 9.80. The van der Waals surface area contributed by atoms with Crippen molar-refractivity contribution < 1.29 is 0 Å². The molecule has 2 heterocycles. The molecule has 0 aliphatic carbocycles. The minimum atomic E-state index is 0.163. The molecule has 3 rings (SSSR count). The Morgan fingerprint density at radius 1 is 1.29 bits per heavy atom. The molecule has 0 unspecified atom stereocenters. The lowest BCUT2D eigenvalue weighted by molar-refractivity contribution is 0.321. The average Bonchev–Trinajstić information content (AvgIpc) is 2.73. The molecule has 0 spiro atoms. The van der Waals surface area contributed by atoms with Crippen LogP contribution in [0.2, 0.25) is 5.02 Å². The lowest BCUT2D eigenvalue weighted by Gasteiger charge is -2.32. The summed E-state index contributed by atoms with van der Waals surface area (Å²) in [7, 11) is 0. The van der Waals surface area contributed by atoms with Crippen molar-refractivity contribution in [3.05, 3.63) is 29.0 Å². The number of nitrogens with zero attached hydrogens (tertiary/aromatic N) is 1. The first-order valence-corrected chi connectivity index (χ1v) is 6.42. The molecule has 2 N–H and O–H groups in total. The molecular formula is C13H16ClN3. The highest BCUT2D eigenvalue weighted by Gasteiger charge is 2.31. The third-order valence-corrected chi connectivity index (χ3v) is 3.96. The number of fused-ring (bicyclic) bond motifs is 1. The largest absolute Gasteiger partial charge is 0.341 e. The fourth-order valence-corrected chi connectivity index (χ4v) is 2.66. The maximum absolute atomic E-state index is 5.99. The highest BCUT2D eigenvalue weighted by atomic mass is 35.5. The van der Waals surface area contributed by atoms with Crippen LogP contribution in [0.3, 0.4) is 0 Å². The summed E-state index contributed by atoms with van der Waals surface area (Å²) in [6.07, 6.45) is 2.25. The fourth-order valence-electron chi connectivity index (χ4n) is 2.48. The third-order valence-electron chi connectivity index (χ3n) is 3.72. The van der Waals surface area contributed by atoms with Crippen LogP contribution in [0, 0.1) is 0 Å². The van der Waals surface area contributed by atoms with Crippen LogP contribution in [-0.4, -0.2) is 23.1 Å². The average molecular weight is 250 g/mol. The van der Waals surface area contributed by atoms with E-state index in [-0.39, 0.29) is 5.41 Å². The second kappa shape index (κ2) is 4.00. The zero-order valence-electron chi connectivity index (χ0n) is 9.89. The van der Waals surface area contributed by atoms with Crippen LogP contribution in [0.15, 0.2) is 18.2 Å². The van der Waals surface area contributed by atoms with Gasteiger partial charge in [-0.3, -0.25) is 0 Å². The van der Waals surface area contributed by atoms with Crippen molar-refractivity contribution in [3.63, 3.8) is 0 Å². The van der Waals surface area contributed by atoms with E-state index >= 15 is 0 Å². The Morgan fingerprint density at radius 3 is 2.82 bits per heavy atom. The second-order valence-corrected chi connectivity index (χ2v) is 5.49. The Kier molecular flexibility index (Phi) is 2.60. The van der Waals surface area contributed by atoms with E-state index in [1.807, 2.05) is 18.2 Å². The number of aromatic amines is 1. The maximum Gasteiger partial charge on any atom is 0.113 e. The molecule has 17 heavy (non-hydrogen) atoms. The van der Waals surface area contributed by atoms with Crippen LogP contribution in [0.25, 0.3) is 11.0 Å². The molecule has 0 saturated carbocycles. The van der Waals surface area contributed by atoms with E-state index in [4.69, 9.17) is 16.6 Å². The number of piperidine rings is 1. The number of rotatable bonds is 1. The highest BCUT2D eigenvalue weighted by molar-refractivity contribution is 6.31. The number of aromatic nitrogens is 2. The van der Waals surface area contributed by atoms with Crippen molar-refractivity contribution in [1.82, 2.24) is 15.3 Å². The lowest BCUT2D eigenvalue weighted by Crippen LogP contribution is -2.38. The summed E-state index contributed by atoms with van der Waals surface area (Å²) in [4.78, 5) is 8.13. The van der Waals surface area contributed by atoms with E-state index < -0.39 is 0 Å². The molecule has 90 valence electrons. The molecule has 1 aliphatic heterocycles. The molecule has 1 aliphatic rings. The molecule has 0 amide bonds. The quantitative estimate of drug-likeness (QED) is 0.816. The Balaban J connectivity index is 2.05. The van der Waals surface area contributed by atoms with Gasteiger partial charge in [0, 0.05) is 10.4 Å². The van der Waals surface area contributed by atoms with Gasteiger partial charge in [-0.15, -0.1) is 0 Å². The zero-order valence-corrected chi connectivity index (χ0v) is 10.6. The minimum absolute atomic E-state index is 0.163. The standard InChI is InChI=1S/C13H16ClN3/c1-13(4-6-15-7-5-13)12-16-10-3-2-9(14)8-11(10)17-12/h2-3,8,15H,4-7H2,1H3,(H,16,17). The van der Waals surface area contributed by atoms with Gasteiger partial charge >= 0.3 is 0 Å². The first-order valence-electron chi connectivity index (χ1n) is 6.04. The molecule has 1 aromatic carbocycles. The van der Waals surface area contributed by atoms with E-state index in [0.717, 1.165) is 47.8 Å². The van der Waals surface area contributed by atoms with Gasteiger partial charge in [-0.2, -0.15) is 0 Å². The minimum Gasteiger partial charge on any atom is -0.341 e. The maximum atomic E-state index is 5.99. The monoisotopic (exact) mass is 249 g/mol. The summed E-state index contributed by atoms with van der Waals surface area (Å²) < 4.78 is 0. The molecule has 1 saturated heterocycles. The van der Waals surface area contributed by atoms with Crippen LogP contribution in [0.1, 0.15) is 25.6 Å². The second-order valence-electron chi connectivity index (χ2n) is 5.06. The highest BCUT2D eigenvalue weighted by Crippen LogP contribution is 2.32. The van der Waals surface area contributed by atoms with Gasteiger partial charge in [-0.05, 0) is 44.1 Å². The summed E-state index contributed by atoms with van der Waals surface area (Å²) in [5, 5.41) is 4.14. The van der Waals surface area contributed by atoms with Crippen molar-refractivity contribution in [3.8, 4) is 0 Å². The SMILES string of the molecule is CC1(c2nc3ccc(Cl)cc3[nH]2)CCNCC1. The number of imidazole rings is 1. The number of hydrogen-bond donors (Lipinski definition) is 2. The Labute approximate surface area is 106 Å². The third kappa shape index (κ3) is 1.94. The van der Waals surface area contributed by atoms with E-state index in [1.165, 1.54) is 0 Å². The van der Waals surface area contributed by atoms with Crippen molar-refractivity contribution in [2.24, 2.45) is 0 Å². The van der Waals surface area contributed by atoms with Gasteiger partial charge in [0.05, 0.1) is 11.0 Å². The predicted molar refractivity (Wildman–Crippen MR) is 70.6 cm³/mol. The molecular weight excluding hydrogens is 234 g/mol.